The van der Waals surface area contributed by atoms with Crippen molar-refractivity contribution in [3.8, 4) is 0 Å². The highest BCUT2D eigenvalue weighted by atomic mass is 16.5. The van der Waals surface area contributed by atoms with E-state index in [4.69, 9.17) is 15.3 Å². The second-order valence-electron chi connectivity index (χ2n) is 3.63. The maximum Gasteiger partial charge on any atom is 0.0678 e. The lowest BCUT2D eigenvalue weighted by molar-refractivity contribution is 0.0115. The molecule has 0 heterocycles. The van der Waals surface area contributed by atoms with Crippen LogP contribution in [-0.2, 0) is 9.47 Å². The normalized spacial score (nSPS) is 12.0. The van der Waals surface area contributed by atoms with Crippen molar-refractivity contribution in [2.75, 3.05) is 13.2 Å². The maximum atomic E-state index is 5.40. The number of nitrogens with two attached hydrogens (primary N) is 1. The Morgan fingerprint density at radius 3 is 1.62 bits per heavy atom. The van der Waals surface area contributed by atoms with Crippen molar-refractivity contribution in [1.82, 2.24) is 5.43 Å². The van der Waals surface area contributed by atoms with Crippen LogP contribution >= 0.6 is 0 Å². The molecule has 0 aliphatic rings. The van der Waals surface area contributed by atoms with Crippen LogP contribution in [0.5, 0.6) is 0 Å². The Kier molecular flexibility index (Phi) is 7.17. The molecule has 0 fully saturated rings. The van der Waals surface area contributed by atoms with Gasteiger partial charge in [-0.25, -0.2) is 0 Å². The van der Waals surface area contributed by atoms with Crippen LogP contribution in [0.15, 0.2) is 0 Å². The van der Waals surface area contributed by atoms with Gasteiger partial charge in [-0.05, 0) is 27.7 Å². The van der Waals surface area contributed by atoms with Crippen molar-refractivity contribution in [3.05, 3.63) is 0 Å². The molecule has 4 nitrogen and oxygen atoms in total. The van der Waals surface area contributed by atoms with Gasteiger partial charge in [0.15, 0.2) is 0 Å². The zero-order valence-electron chi connectivity index (χ0n) is 9.04. The Bertz CT molecular complexity index is 106. The van der Waals surface area contributed by atoms with Crippen LogP contribution in [0.1, 0.15) is 27.7 Å². The van der Waals surface area contributed by atoms with Crippen molar-refractivity contribution in [2.45, 2.75) is 45.9 Å². The van der Waals surface area contributed by atoms with Crippen LogP contribution in [-0.4, -0.2) is 31.5 Å². The van der Waals surface area contributed by atoms with Gasteiger partial charge in [0, 0.05) is 0 Å². The number of hydrazine groups is 1. The third-order valence-electron chi connectivity index (χ3n) is 1.50. The molecule has 0 amide bonds. The fourth-order valence-corrected chi connectivity index (χ4v) is 0.762. The molecular formula is C9H22N2O2. The van der Waals surface area contributed by atoms with Crippen molar-refractivity contribution in [1.29, 1.82) is 0 Å². The predicted molar refractivity (Wildman–Crippen MR) is 53.3 cm³/mol. The lowest BCUT2D eigenvalue weighted by atomic mass is 10.3. The number of rotatable bonds is 7. The number of hydrogen-bond donors (Lipinski definition) is 2. The molecule has 13 heavy (non-hydrogen) atoms. The highest BCUT2D eigenvalue weighted by Gasteiger charge is 2.08. The van der Waals surface area contributed by atoms with E-state index in [1.807, 2.05) is 27.7 Å². The van der Waals surface area contributed by atoms with Crippen molar-refractivity contribution in [3.63, 3.8) is 0 Å². The molecular weight excluding hydrogens is 168 g/mol. The van der Waals surface area contributed by atoms with Gasteiger partial charge in [-0.2, -0.15) is 0 Å². The fourth-order valence-electron chi connectivity index (χ4n) is 0.762. The molecule has 80 valence electrons. The first-order chi connectivity index (χ1) is 6.06. The summed E-state index contributed by atoms with van der Waals surface area (Å²) >= 11 is 0. The summed E-state index contributed by atoms with van der Waals surface area (Å²) in [6.45, 7) is 9.16. The summed E-state index contributed by atoms with van der Waals surface area (Å²) in [7, 11) is 0. The molecule has 3 N–H and O–H groups in total. The first-order valence-corrected chi connectivity index (χ1v) is 4.75. The first kappa shape index (κ1) is 12.8. The largest absolute Gasteiger partial charge is 0.377 e. The Hall–Kier alpha value is -0.160. The van der Waals surface area contributed by atoms with E-state index in [-0.39, 0.29) is 18.2 Å². The van der Waals surface area contributed by atoms with Gasteiger partial charge in [0.25, 0.3) is 0 Å². The molecule has 0 aromatic carbocycles. The summed E-state index contributed by atoms with van der Waals surface area (Å²) in [5, 5.41) is 0. The summed E-state index contributed by atoms with van der Waals surface area (Å²) in [5.74, 6) is 5.34. The van der Waals surface area contributed by atoms with Gasteiger partial charge in [0.2, 0.25) is 0 Å². The first-order valence-electron chi connectivity index (χ1n) is 4.75. The number of hydrogen-bond acceptors (Lipinski definition) is 4. The highest BCUT2D eigenvalue weighted by Crippen LogP contribution is 1.95. The molecule has 0 bridgehead atoms. The lowest BCUT2D eigenvalue weighted by Crippen LogP contribution is -2.43. The second kappa shape index (κ2) is 7.26. The van der Waals surface area contributed by atoms with Crippen molar-refractivity contribution < 1.29 is 9.47 Å². The zero-order valence-corrected chi connectivity index (χ0v) is 9.04. The van der Waals surface area contributed by atoms with Gasteiger partial charge in [0.05, 0.1) is 31.5 Å². The van der Waals surface area contributed by atoms with Crippen LogP contribution in [0.25, 0.3) is 0 Å². The van der Waals surface area contributed by atoms with Gasteiger partial charge in [-0.3, -0.25) is 11.3 Å². The van der Waals surface area contributed by atoms with E-state index >= 15 is 0 Å². The maximum absolute atomic E-state index is 5.40. The van der Waals surface area contributed by atoms with E-state index in [1.165, 1.54) is 0 Å². The Morgan fingerprint density at radius 2 is 1.38 bits per heavy atom. The summed E-state index contributed by atoms with van der Waals surface area (Å²) in [5.41, 5.74) is 2.66. The minimum absolute atomic E-state index is 0.0739. The SMILES string of the molecule is CC(C)OCC(COC(C)C)NN. The molecule has 0 atom stereocenters. The summed E-state index contributed by atoms with van der Waals surface area (Å²) < 4.78 is 10.8. The predicted octanol–water partition coefficient (Wildman–Crippen LogP) is 0.668. The summed E-state index contributed by atoms with van der Waals surface area (Å²) in [6.07, 6.45) is 0.463. The molecule has 4 heteroatoms. The van der Waals surface area contributed by atoms with Gasteiger partial charge in [-0.1, -0.05) is 0 Å². The van der Waals surface area contributed by atoms with Gasteiger partial charge in [0.1, 0.15) is 0 Å². The second-order valence-corrected chi connectivity index (χ2v) is 3.63. The zero-order chi connectivity index (χ0) is 10.3. The molecule has 0 aliphatic heterocycles. The molecule has 0 saturated heterocycles. The van der Waals surface area contributed by atoms with E-state index in [0.717, 1.165) is 0 Å². The lowest BCUT2D eigenvalue weighted by Gasteiger charge is -2.19. The quantitative estimate of drug-likeness (QED) is 0.457. The minimum Gasteiger partial charge on any atom is -0.377 e. The summed E-state index contributed by atoms with van der Waals surface area (Å²) in [4.78, 5) is 0. The number of ether oxygens (including phenoxy) is 2. The number of nitrogens with one attached hydrogen (secondary N) is 1. The average molecular weight is 190 g/mol. The molecule has 0 unspecified atom stereocenters. The van der Waals surface area contributed by atoms with Gasteiger partial charge in [-0.15, -0.1) is 0 Å². The molecule has 0 radical (unpaired) electrons. The van der Waals surface area contributed by atoms with Crippen LogP contribution in [0.3, 0.4) is 0 Å². The smallest absolute Gasteiger partial charge is 0.0678 e. The molecule has 0 spiro atoms. The third kappa shape index (κ3) is 8.18. The molecule has 0 saturated carbocycles. The van der Waals surface area contributed by atoms with Crippen LogP contribution < -0.4 is 11.3 Å². The molecule has 0 rings (SSSR count). The minimum atomic E-state index is 0.0739. The van der Waals surface area contributed by atoms with E-state index in [1.54, 1.807) is 0 Å². The molecule has 0 aromatic rings. The van der Waals surface area contributed by atoms with Crippen LogP contribution in [0.2, 0.25) is 0 Å². The van der Waals surface area contributed by atoms with E-state index in [9.17, 15) is 0 Å². The fraction of sp³-hybridized carbons (Fsp3) is 1.00. The van der Waals surface area contributed by atoms with Gasteiger partial charge < -0.3 is 9.47 Å². The Balaban J connectivity index is 3.51. The molecule has 0 aliphatic carbocycles. The summed E-state index contributed by atoms with van der Waals surface area (Å²) in [6, 6.07) is 0.0739. The Labute approximate surface area is 80.7 Å². The van der Waals surface area contributed by atoms with E-state index in [0.29, 0.717) is 13.2 Å². The van der Waals surface area contributed by atoms with Crippen LogP contribution in [0, 0.1) is 0 Å². The molecule has 0 aromatic heterocycles. The monoisotopic (exact) mass is 190 g/mol. The highest BCUT2D eigenvalue weighted by molar-refractivity contribution is 4.62. The standard InChI is InChI=1S/C9H22N2O2/c1-7(2)12-5-9(11-10)6-13-8(3)4/h7-9,11H,5-6,10H2,1-4H3. The van der Waals surface area contributed by atoms with Gasteiger partial charge >= 0.3 is 0 Å². The van der Waals surface area contributed by atoms with Crippen LogP contribution in [0.4, 0.5) is 0 Å². The topological polar surface area (TPSA) is 56.5 Å². The third-order valence-corrected chi connectivity index (χ3v) is 1.50. The van der Waals surface area contributed by atoms with Crippen molar-refractivity contribution >= 4 is 0 Å². The van der Waals surface area contributed by atoms with Crippen molar-refractivity contribution in [2.24, 2.45) is 5.84 Å². The average Bonchev–Trinajstić information content (AvgIpc) is 2.04. The van der Waals surface area contributed by atoms with E-state index < -0.39 is 0 Å². The Morgan fingerprint density at radius 1 is 1.00 bits per heavy atom. The van der Waals surface area contributed by atoms with E-state index in [2.05, 4.69) is 5.43 Å².